The molecule has 4 heterocycles. The number of rotatable bonds is 5. The molecule has 12 aromatic rings. The van der Waals surface area contributed by atoms with Gasteiger partial charge in [0.2, 0.25) is 5.89 Å². The Kier molecular flexibility index (Phi) is 6.44. The quantitative estimate of drug-likeness (QED) is 0.177. The third-order valence-corrected chi connectivity index (χ3v) is 11.9. The lowest BCUT2D eigenvalue weighted by atomic mass is 10.1. The second kappa shape index (κ2) is 11.7. The van der Waals surface area contributed by atoms with E-state index < -0.39 is 0 Å². The van der Waals surface area contributed by atoms with Gasteiger partial charge in [-0.05, 0) is 66.7 Å². The molecule has 0 unspecified atom stereocenters. The Balaban J connectivity index is 1.19. The largest absolute Gasteiger partial charge is 0.456 e. The number of aromatic nitrogens is 2. The molecule has 0 atom stereocenters. The number of furan rings is 1. The van der Waals surface area contributed by atoms with Crippen LogP contribution in [0.4, 0.5) is 17.1 Å². The summed E-state index contributed by atoms with van der Waals surface area (Å²) in [6.45, 7) is 0. The van der Waals surface area contributed by atoms with Gasteiger partial charge in [0.1, 0.15) is 16.7 Å². The lowest BCUT2D eigenvalue weighted by molar-refractivity contribution is 0.619. The molecule has 8 aromatic carbocycles. The van der Waals surface area contributed by atoms with Crippen molar-refractivity contribution in [2.75, 3.05) is 4.90 Å². The van der Waals surface area contributed by atoms with Crippen LogP contribution in [-0.2, 0) is 0 Å². The Bertz CT molecular complexity index is 3450. The summed E-state index contributed by atoms with van der Waals surface area (Å²) in [5.41, 5.74) is 10.2. The highest BCUT2D eigenvalue weighted by molar-refractivity contribution is 7.25. The number of fused-ring (bicyclic) bond motifs is 11. The van der Waals surface area contributed by atoms with Crippen LogP contribution >= 0.6 is 11.3 Å². The van der Waals surface area contributed by atoms with Crippen molar-refractivity contribution in [2.45, 2.75) is 0 Å². The molecule has 5 nitrogen and oxygen atoms in total. The topological polar surface area (TPSA) is 47.3 Å². The van der Waals surface area contributed by atoms with Gasteiger partial charge in [0.05, 0.1) is 22.1 Å². The average Bonchev–Trinajstić information content (AvgIpc) is 4.01. The van der Waals surface area contributed by atoms with E-state index in [-0.39, 0.29) is 0 Å². The summed E-state index contributed by atoms with van der Waals surface area (Å²) in [6, 6.07) is 61.9. The molecule has 0 spiro atoms. The van der Waals surface area contributed by atoms with E-state index in [0.717, 1.165) is 66.8 Å². The van der Waals surface area contributed by atoms with Gasteiger partial charge in [-0.15, -0.1) is 11.3 Å². The molecule has 0 radical (unpaired) electrons. The lowest BCUT2D eigenvalue weighted by Gasteiger charge is -2.26. The molecule has 0 N–H and O–H groups in total. The zero-order chi connectivity index (χ0) is 36.0. The summed E-state index contributed by atoms with van der Waals surface area (Å²) < 4.78 is 18.4. The number of anilines is 3. The van der Waals surface area contributed by atoms with Crippen LogP contribution in [0.2, 0.25) is 0 Å². The highest BCUT2D eigenvalue weighted by atomic mass is 32.1. The van der Waals surface area contributed by atoms with Crippen LogP contribution in [-0.4, -0.2) is 9.55 Å². The fourth-order valence-electron chi connectivity index (χ4n) is 8.37. The molecule has 0 saturated carbocycles. The molecule has 0 amide bonds. The van der Waals surface area contributed by atoms with Crippen LogP contribution in [0.25, 0.3) is 92.2 Å². The van der Waals surface area contributed by atoms with Crippen LogP contribution in [0.5, 0.6) is 0 Å². The smallest absolute Gasteiger partial charge is 0.227 e. The number of oxazole rings is 1. The van der Waals surface area contributed by atoms with Gasteiger partial charge < -0.3 is 18.3 Å². The van der Waals surface area contributed by atoms with E-state index in [9.17, 15) is 0 Å². The van der Waals surface area contributed by atoms with E-state index in [1.54, 1.807) is 0 Å². The summed E-state index contributed by atoms with van der Waals surface area (Å²) in [4.78, 5) is 7.53. The van der Waals surface area contributed by atoms with Gasteiger partial charge in [-0.3, -0.25) is 0 Å². The average molecular weight is 724 g/mol. The van der Waals surface area contributed by atoms with Crippen LogP contribution in [0.3, 0.4) is 0 Å². The lowest BCUT2D eigenvalue weighted by Crippen LogP contribution is -2.10. The third-order valence-electron chi connectivity index (χ3n) is 10.8. The summed E-state index contributed by atoms with van der Waals surface area (Å²) in [6.07, 6.45) is 0. The predicted octanol–water partition coefficient (Wildman–Crippen LogP) is 14.3. The summed E-state index contributed by atoms with van der Waals surface area (Å²) in [5.74, 6) is 0.564. The Morgan fingerprint density at radius 1 is 0.491 bits per heavy atom. The highest BCUT2D eigenvalue weighted by Crippen LogP contribution is 2.48. The molecular formula is C49H29N3O2S. The summed E-state index contributed by atoms with van der Waals surface area (Å²) in [7, 11) is 0. The van der Waals surface area contributed by atoms with Crippen LogP contribution in [0.15, 0.2) is 185 Å². The van der Waals surface area contributed by atoms with Crippen molar-refractivity contribution in [3.63, 3.8) is 0 Å². The van der Waals surface area contributed by atoms with Crippen molar-refractivity contribution in [3.05, 3.63) is 176 Å². The number of nitrogens with zero attached hydrogens (tertiary/aromatic N) is 3. The van der Waals surface area contributed by atoms with E-state index in [0.29, 0.717) is 11.5 Å². The van der Waals surface area contributed by atoms with E-state index in [1.807, 2.05) is 59.9 Å². The first-order valence-corrected chi connectivity index (χ1v) is 19.2. The van der Waals surface area contributed by atoms with Crippen LogP contribution < -0.4 is 4.90 Å². The maximum absolute atomic E-state index is 6.90. The first kappa shape index (κ1) is 30.3. The molecule has 0 aliphatic heterocycles. The van der Waals surface area contributed by atoms with Gasteiger partial charge in [0.25, 0.3) is 0 Å². The maximum atomic E-state index is 6.90. The SMILES string of the molecule is c1ccc(-c2nc3c(o2)c(N(c2ccc4c(c2)sc2ccccc24)c2ccc4c5ccccc5n(-c5ccccc5)c4c2)cc2oc4ccccc4c23)cc1. The molecule has 0 aliphatic carbocycles. The molecule has 0 saturated heterocycles. The van der Waals surface area contributed by atoms with E-state index in [2.05, 4.69) is 137 Å². The molecule has 4 aromatic heterocycles. The molecule has 6 heteroatoms. The number of hydrogen-bond acceptors (Lipinski definition) is 5. The Morgan fingerprint density at radius 3 is 2.00 bits per heavy atom. The van der Waals surface area contributed by atoms with Crippen molar-refractivity contribution < 1.29 is 8.83 Å². The fraction of sp³-hybridized carbons (Fsp3) is 0. The molecular weight excluding hydrogens is 695 g/mol. The second-order valence-electron chi connectivity index (χ2n) is 13.9. The Morgan fingerprint density at radius 2 is 1.15 bits per heavy atom. The Labute approximate surface area is 318 Å². The van der Waals surface area contributed by atoms with E-state index in [4.69, 9.17) is 13.8 Å². The standard InChI is InChI=1S/C49H29N3O2S/c1-3-13-30(14-4-1)49-50-47-46-38-19-8-11-21-42(38)53-43(46)29-41(48(47)54-49)51(33-24-26-37-36-18-9-12-22-44(36)55-45(37)28-33)32-23-25-35-34-17-7-10-20-39(34)52(40(35)27-32)31-15-5-2-6-16-31/h1-29H. The molecule has 0 bridgehead atoms. The minimum absolute atomic E-state index is 0.564. The van der Waals surface area contributed by atoms with Gasteiger partial charge in [-0.2, -0.15) is 0 Å². The van der Waals surface area contributed by atoms with Gasteiger partial charge >= 0.3 is 0 Å². The van der Waals surface area contributed by atoms with Crippen molar-refractivity contribution in [1.29, 1.82) is 0 Å². The first-order chi connectivity index (χ1) is 27.3. The van der Waals surface area contributed by atoms with Gasteiger partial charge in [-0.1, -0.05) is 103 Å². The van der Waals surface area contributed by atoms with Crippen molar-refractivity contribution in [3.8, 4) is 17.1 Å². The van der Waals surface area contributed by atoms with Crippen LogP contribution in [0.1, 0.15) is 0 Å². The summed E-state index contributed by atoms with van der Waals surface area (Å²) in [5, 5.41) is 6.86. The minimum atomic E-state index is 0.564. The van der Waals surface area contributed by atoms with Crippen molar-refractivity contribution in [2.24, 2.45) is 0 Å². The molecule has 12 rings (SSSR count). The Hall–Kier alpha value is -7.15. The first-order valence-electron chi connectivity index (χ1n) is 18.4. The minimum Gasteiger partial charge on any atom is -0.456 e. The second-order valence-corrected chi connectivity index (χ2v) is 15.0. The number of hydrogen-bond donors (Lipinski definition) is 0. The number of benzene rings is 8. The van der Waals surface area contributed by atoms with Gasteiger partial charge in [0, 0.05) is 65.0 Å². The van der Waals surface area contributed by atoms with Gasteiger partial charge in [-0.25, -0.2) is 4.98 Å². The molecule has 258 valence electrons. The predicted molar refractivity (Wildman–Crippen MR) is 229 cm³/mol. The molecule has 55 heavy (non-hydrogen) atoms. The zero-order valence-corrected chi connectivity index (χ0v) is 30.1. The monoisotopic (exact) mass is 723 g/mol. The highest BCUT2D eigenvalue weighted by Gasteiger charge is 2.26. The molecule has 0 aliphatic rings. The molecule has 0 fully saturated rings. The number of para-hydroxylation sites is 3. The van der Waals surface area contributed by atoms with Crippen molar-refractivity contribution >= 4 is 103 Å². The van der Waals surface area contributed by atoms with Crippen molar-refractivity contribution in [1.82, 2.24) is 9.55 Å². The van der Waals surface area contributed by atoms with E-state index in [1.165, 1.54) is 30.9 Å². The zero-order valence-electron chi connectivity index (χ0n) is 29.3. The number of thiophene rings is 1. The van der Waals surface area contributed by atoms with Gasteiger partial charge in [0.15, 0.2) is 5.58 Å². The normalized spacial score (nSPS) is 12.0. The fourth-order valence-corrected chi connectivity index (χ4v) is 9.51. The van der Waals surface area contributed by atoms with E-state index >= 15 is 0 Å². The van der Waals surface area contributed by atoms with Crippen LogP contribution in [0, 0.1) is 0 Å². The maximum Gasteiger partial charge on any atom is 0.227 e. The third kappa shape index (κ3) is 4.55. The summed E-state index contributed by atoms with van der Waals surface area (Å²) >= 11 is 1.81.